The monoisotopic (exact) mass is 919 g/mol. The zero-order chi connectivity index (χ0) is 47.9. The van der Waals surface area contributed by atoms with E-state index in [2.05, 4.69) is 106 Å². The van der Waals surface area contributed by atoms with Crippen LogP contribution in [0, 0.1) is 0 Å². The molecular weight excluding hydrogens is 817 g/mol. The lowest BCUT2D eigenvalue weighted by Gasteiger charge is -2.18. The maximum atomic E-state index is 12.8. The molecule has 0 bridgehead atoms. The Morgan fingerprint density at radius 3 is 0.955 bits per heavy atom. The molecule has 6 heteroatoms. The summed E-state index contributed by atoms with van der Waals surface area (Å²) in [6.45, 7) is 6.39. The van der Waals surface area contributed by atoms with Crippen LogP contribution in [-0.2, 0) is 28.6 Å². The first-order chi connectivity index (χ1) is 32.5. The zero-order valence-electron chi connectivity index (χ0n) is 43.2. The van der Waals surface area contributed by atoms with E-state index in [4.69, 9.17) is 14.2 Å². The maximum absolute atomic E-state index is 12.8. The standard InChI is InChI=1S/C60H102O6/c1-4-7-10-13-16-19-22-25-27-29-30-31-33-35-38-41-44-47-50-53-59(62)65-56-57(55-64-58(61)52-49-46-43-40-37-34-24-21-18-15-12-9-6-3)66-60(63)54-51-48-45-42-39-36-32-28-26-23-20-17-14-11-8-5-2/h7-8,10-11,16-17,19-20,25-28,34,37,57H,4-6,9,12-15,18,21-24,29-33,35-36,38-56H2,1-3H3/b10-7-,11-8-,19-16-,20-17-,27-25-,28-26-,37-34-. The van der Waals surface area contributed by atoms with E-state index in [1.807, 2.05) is 0 Å². The smallest absolute Gasteiger partial charge is 0.306 e. The van der Waals surface area contributed by atoms with Crippen LogP contribution >= 0.6 is 0 Å². The van der Waals surface area contributed by atoms with E-state index in [0.717, 1.165) is 122 Å². The third kappa shape index (κ3) is 51.6. The Kier molecular flexibility index (Phi) is 51.4. The number of ether oxygens (including phenoxy) is 3. The van der Waals surface area contributed by atoms with Crippen LogP contribution in [0.15, 0.2) is 85.1 Å². The third-order valence-corrected chi connectivity index (χ3v) is 11.6. The molecule has 0 spiro atoms. The molecule has 1 unspecified atom stereocenters. The van der Waals surface area contributed by atoms with Gasteiger partial charge in [0.1, 0.15) is 13.2 Å². The fourth-order valence-electron chi connectivity index (χ4n) is 7.52. The quantitative estimate of drug-likeness (QED) is 0.0262. The van der Waals surface area contributed by atoms with Gasteiger partial charge in [-0.3, -0.25) is 14.4 Å². The molecule has 0 aliphatic heterocycles. The van der Waals surface area contributed by atoms with E-state index in [9.17, 15) is 14.4 Å². The van der Waals surface area contributed by atoms with Crippen molar-refractivity contribution in [2.24, 2.45) is 0 Å². The van der Waals surface area contributed by atoms with Crippen LogP contribution in [0.25, 0.3) is 0 Å². The van der Waals surface area contributed by atoms with Crippen molar-refractivity contribution in [3.8, 4) is 0 Å². The Bertz CT molecular complexity index is 1290. The van der Waals surface area contributed by atoms with E-state index in [1.165, 1.54) is 96.3 Å². The Morgan fingerprint density at radius 2 is 0.591 bits per heavy atom. The maximum Gasteiger partial charge on any atom is 0.306 e. The van der Waals surface area contributed by atoms with Gasteiger partial charge in [0, 0.05) is 19.3 Å². The van der Waals surface area contributed by atoms with E-state index in [1.54, 1.807) is 0 Å². The SMILES string of the molecule is CC/C=C\C/C=C\C/C=C\CCCCCCCCCCCC(=O)OCC(COC(=O)CCCCC/C=C\CCCCCCCC)OC(=O)CCCCCCCC/C=C\C/C=C\C/C=C\CC. The van der Waals surface area contributed by atoms with Crippen molar-refractivity contribution < 1.29 is 28.6 Å². The van der Waals surface area contributed by atoms with Gasteiger partial charge >= 0.3 is 17.9 Å². The van der Waals surface area contributed by atoms with Crippen LogP contribution in [-0.4, -0.2) is 37.2 Å². The Labute approximate surface area is 407 Å². The normalized spacial score (nSPS) is 12.7. The van der Waals surface area contributed by atoms with Crippen LogP contribution in [0.1, 0.15) is 258 Å². The highest BCUT2D eigenvalue weighted by Crippen LogP contribution is 2.15. The zero-order valence-corrected chi connectivity index (χ0v) is 43.2. The first kappa shape index (κ1) is 62.6. The van der Waals surface area contributed by atoms with Crippen molar-refractivity contribution in [1.29, 1.82) is 0 Å². The molecule has 66 heavy (non-hydrogen) atoms. The minimum Gasteiger partial charge on any atom is -0.462 e. The molecule has 6 nitrogen and oxygen atoms in total. The predicted octanol–water partition coefficient (Wildman–Crippen LogP) is 18.4. The molecule has 0 aromatic heterocycles. The number of allylic oxidation sites excluding steroid dienone is 14. The topological polar surface area (TPSA) is 78.9 Å². The highest BCUT2D eigenvalue weighted by atomic mass is 16.6. The second-order valence-electron chi connectivity index (χ2n) is 18.1. The predicted molar refractivity (Wildman–Crippen MR) is 284 cm³/mol. The van der Waals surface area contributed by atoms with Crippen LogP contribution in [0.3, 0.4) is 0 Å². The van der Waals surface area contributed by atoms with E-state index < -0.39 is 6.10 Å². The molecule has 0 aromatic carbocycles. The number of esters is 3. The van der Waals surface area contributed by atoms with Crippen LogP contribution in [0.5, 0.6) is 0 Å². The minimum atomic E-state index is -0.792. The Hall–Kier alpha value is -3.41. The minimum absolute atomic E-state index is 0.0895. The molecule has 1 atom stereocenters. The average molecular weight is 919 g/mol. The summed E-state index contributed by atoms with van der Waals surface area (Å²) in [6.07, 6.45) is 70.0. The number of unbranched alkanes of at least 4 members (excludes halogenated alkanes) is 24. The second-order valence-corrected chi connectivity index (χ2v) is 18.1. The Balaban J connectivity index is 4.40. The van der Waals surface area contributed by atoms with E-state index >= 15 is 0 Å². The summed E-state index contributed by atoms with van der Waals surface area (Å²) in [5.74, 6) is -0.921. The van der Waals surface area contributed by atoms with E-state index in [0.29, 0.717) is 19.3 Å². The van der Waals surface area contributed by atoms with E-state index in [-0.39, 0.29) is 31.1 Å². The van der Waals surface area contributed by atoms with Crippen molar-refractivity contribution in [2.45, 2.75) is 264 Å². The lowest BCUT2D eigenvalue weighted by Crippen LogP contribution is -2.30. The molecule has 0 fully saturated rings. The number of hydrogen-bond donors (Lipinski definition) is 0. The molecule has 0 aliphatic rings. The number of hydrogen-bond acceptors (Lipinski definition) is 6. The van der Waals surface area contributed by atoms with Crippen LogP contribution < -0.4 is 0 Å². The number of carbonyl (C=O) groups is 3. The largest absolute Gasteiger partial charge is 0.462 e. The summed E-state index contributed by atoms with van der Waals surface area (Å²) in [4.78, 5) is 38.1. The molecule has 0 aliphatic carbocycles. The van der Waals surface area contributed by atoms with Crippen molar-refractivity contribution in [3.05, 3.63) is 85.1 Å². The summed E-state index contributed by atoms with van der Waals surface area (Å²) < 4.78 is 16.8. The highest BCUT2D eigenvalue weighted by molar-refractivity contribution is 5.71. The molecule has 0 N–H and O–H groups in total. The van der Waals surface area contributed by atoms with Crippen molar-refractivity contribution in [3.63, 3.8) is 0 Å². The molecule has 0 heterocycles. The van der Waals surface area contributed by atoms with Gasteiger partial charge in [0.05, 0.1) is 0 Å². The van der Waals surface area contributed by atoms with Gasteiger partial charge < -0.3 is 14.2 Å². The van der Waals surface area contributed by atoms with Crippen molar-refractivity contribution in [2.75, 3.05) is 13.2 Å². The molecule has 0 amide bonds. The van der Waals surface area contributed by atoms with Gasteiger partial charge in [-0.1, -0.05) is 215 Å². The third-order valence-electron chi connectivity index (χ3n) is 11.6. The first-order valence-electron chi connectivity index (χ1n) is 27.6. The second kappa shape index (κ2) is 54.2. The molecule has 378 valence electrons. The molecular formula is C60H102O6. The van der Waals surface area contributed by atoms with Gasteiger partial charge in [0.15, 0.2) is 6.10 Å². The molecule has 0 aromatic rings. The van der Waals surface area contributed by atoms with Gasteiger partial charge in [-0.05, 0) is 109 Å². The molecule has 0 radical (unpaired) electrons. The van der Waals surface area contributed by atoms with Crippen LogP contribution in [0.4, 0.5) is 0 Å². The van der Waals surface area contributed by atoms with Crippen molar-refractivity contribution >= 4 is 17.9 Å². The number of carbonyl (C=O) groups excluding carboxylic acids is 3. The van der Waals surface area contributed by atoms with Crippen molar-refractivity contribution in [1.82, 2.24) is 0 Å². The molecule has 0 saturated carbocycles. The van der Waals surface area contributed by atoms with Gasteiger partial charge in [0.25, 0.3) is 0 Å². The van der Waals surface area contributed by atoms with Crippen LogP contribution in [0.2, 0.25) is 0 Å². The van der Waals surface area contributed by atoms with Gasteiger partial charge in [-0.2, -0.15) is 0 Å². The Morgan fingerprint density at radius 1 is 0.318 bits per heavy atom. The lowest BCUT2D eigenvalue weighted by atomic mass is 10.1. The van der Waals surface area contributed by atoms with Gasteiger partial charge in [0.2, 0.25) is 0 Å². The lowest BCUT2D eigenvalue weighted by molar-refractivity contribution is -0.167. The molecule has 0 rings (SSSR count). The summed E-state index contributed by atoms with van der Waals surface area (Å²) >= 11 is 0. The fraction of sp³-hybridized carbons (Fsp3) is 0.717. The highest BCUT2D eigenvalue weighted by Gasteiger charge is 2.19. The average Bonchev–Trinajstić information content (AvgIpc) is 3.31. The fourth-order valence-corrected chi connectivity index (χ4v) is 7.52. The number of rotatable bonds is 49. The molecule has 0 saturated heterocycles. The summed E-state index contributed by atoms with van der Waals surface area (Å²) in [5.41, 5.74) is 0. The van der Waals surface area contributed by atoms with Gasteiger partial charge in [-0.15, -0.1) is 0 Å². The van der Waals surface area contributed by atoms with Gasteiger partial charge in [-0.25, -0.2) is 0 Å². The summed E-state index contributed by atoms with van der Waals surface area (Å²) in [5, 5.41) is 0. The summed E-state index contributed by atoms with van der Waals surface area (Å²) in [7, 11) is 0. The summed E-state index contributed by atoms with van der Waals surface area (Å²) in [6, 6.07) is 0. The first-order valence-corrected chi connectivity index (χ1v) is 27.6.